The second-order valence-corrected chi connectivity index (χ2v) is 19.5. The lowest BCUT2D eigenvalue weighted by molar-refractivity contribution is -0.314. The number of hydrogen-bond donors (Lipinski definition) is 2. The number of nitrogens with zero attached hydrogens (tertiary/aromatic N) is 1. The summed E-state index contributed by atoms with van der Waals surface area (Å²) in [5, 5.41) is 7.82. The van der Waals surface area contributed by atoms with Crippen molar-refractivity contribution < 1.29 is 47.5 Å². The number of ether oxygens (including phenoxy) is 8. The Hall–Kier alpha value is -2.79. The number of anilines is 1. The highest BCUT2D eigenvalue weighted by atomic mass is 32.1. The van der Waals surface area contributed by atoms with Gasteiger partial charge in [0, 0.05) is 62.5 Å². The molecule has 4 fully saturated rings. The summed E-state index contributed by atoms with van der Waals surface area (Å²) in [4.78, 5) is 35.8. The van der Waals surface area contributed by atoms with E-state index in [-0.39, 0.29) is 103 Å². The van der Waals surface area contributed by atoms with Gasteiger partial charge in [-0.2, -0.15) is 0 Å². The Balaban J connectivity index is 1.12. The van der Waals surface area contributed by atoms with E-state index in [1.807, 2.05) is 39.1 Å². The minimum absolute atomic E-state index is 0.00591. The van der Waals surface area contributed by atoms with Crippen LogP contribution in [0.5, 0.6) is 0 Å². The average Bonchev–Trinajstić information content (AvgIpc) is 3.99. The molecule has 14 heteroatoms. The first-order valence-corrected chi connectivity index (χ1v) is 24.0. The molecule has 1 aromatic carbocycles. The summed E-state index contributed by atoms with van der Waals surface area (Å²) in [7, 11) is 6.95. The number of fused-ring (bicyclic) bond motifs is 8. The van der Waals surface area contributed by atoms with Gasteiger partial charge in [-0.25, -0.2) is 4.98 Å². The van der Waals surface area contributed by atoms with Gasteiger partial charge in [0.25, 0.3) is 0 Å². The number of methoxy groups -OCH3 is 3. The maximum atomic E-state index is 15.2. The Labute approximate surface area is 371 Å². The van der Waals surface area contributed by atoms with Crippen molar-refractivity contribution in [2.45, 2.75) is 171 Å². The first kappa shape index (κ1) is 45.8. The van der Waals surface area contributed by atoms with E-state index in [9.17, 15) is 4.79 Å². The van der Waals surface area contributed by atoms with E-state index >= 15 is 4.79 Å². The fourth-order valence-electron chi connectivity index (χ4n) is 11.6. The molecule has 0 amide bonds. The molecular weight excluding hydrogens is 811 g/mol. The van der Waals surface area contributed by atoms with Crippen molar-refractivity contribution in [3.63, 3.8) is 0 Å². The smallest absolute Gasteiger partial charge is 0.306 e. The maximum Gasteiger partial charge on any atom is 0.306 e. The number of esters is 1. The van der Waals surface area contributed by atoms with Crippen LogP contribution in [0.3, 0.4) is 0 Å². The molecule has 62 heavy (non-hydrogen) atoms. The highest BCUT2D eigenvalue weighted by molar-refractivity contribution is 7.15. The number of benzene rings is 1. The molecule has 0 radical (unpaired) electrons. The third-order valence-corrected chi connectivity index (χ3v) is 16.1. The summed E-state index contributed by atoms with van der Waals surface area (Å²) in [5.41, 5.74) is 2.85. The first-order chi connectivity index (χ1) is 30.0. The minimum Gasteiger partial charge on any atom is -0.462 e. The van der Waals surface area contributed by atoms with Crippen LogP contribution in [0.1, 0.15) is 113 Å². The van der Waals surface area contributed by atoms with Crippen LogP contribution in [0, 0.1) is 23.7 Å². The summed E-state index contributed by atoms with van der Waals surface area (Å²) in [6.07, 6.45) is 5.24. The molecule has 1 saturated carbocycles. The van der Waals surface area contributed by atoms with E-state index < -0.39 is 18.3 Å². The van der Waals surface area contributed by atoms with Crippen LogP contribution in [0.25, 0.3) is 0 Å². The van der Waals surface area contributed by atoms with Gasteiger partial charge in [0.2, 0.25) is 0 Å². The summed E-state index contributed by atoms with van der Waals surface area (Å²) in [6, 6.07) is 10.6. The number of aromatic nitrogens is 1. The number of carbonyl (C=O) groups excluding carboxylic acids is 2. The van der Waals surface area contributed by atoms with Gasteiger partial charge in [0.15, 0.2) is 23.5 Å². The number of likely N-dealkylation sites (N-methyl/N-ethyl adjacent to an activating group) is 1. The van der Waals surface area contributed by atoms with E-state index in [4.69, 9.17) is 42.9 Å². The largest absolute Gasteiger partial charge is 0.462 e. The lowest BCUT2D eigenvalue weighted by Gasteiger charge is -2.44. The van der Waals surface area contributed by atoms with Crippen molar-refractivity contribution in [1.29, 1.82) is 0 Å². The summed E-state index contributed by atoms with van der Waals surface area (Å²) < 4.78 is 50.4. The van der Waals surface area contributed by atoms with E-state index in [0.717, 1.165) is 54.9 Å². The SMILES string of the molecule is CC[C@H]1CCC[C@H](O[C@H]2CC[C@H](NC)C(C)O2)[C@@H](C)C(=O)C2=C[C@@H]3C(c4nc(NCc5ccccc5)sc4C4C[C@@H](O[C@@H]5OC(C)[C@H](OC)C(OC)[C@@H]5OC)C[C@H]43)[C@@H]2CC(=O)O1. The van der Waals surface area contributed by atoms with Crippen molar-refractivity contribution in [3.8, 4) is 0 Å². The van der Waals surface area contributed by atoms with Crippen LogP contribution >= 0.6 is 11.3 Å². The highest BCUT2D eigenvalue weighted by Gasteiger charge is 2.57. The molecule has 6 aliphatic rings. The summed E-state index contributed by atoms with van der Waals surface area (Å²) in [5.74, 6) is -0.957. The van der Waals surface area contributed by atoms with Gasteiger partial charge in [-0.15, -0.1) is 11.3 Å². The molecule has 0 bridgehead atoms. The molecule has 13 nitrogen and oxygen atoms in total. The monoisotopic (exact) mass is 879 g/mol. The fraction of sp³-hybridized carbons (Fsp3) is 0.729. The standard InChI is InChI=1S/C48H69N3O10S/c1-9-29-16-13-17-37(61-39-19-18-36(49-5)26(3)57-39)25(2)42(53)34-22-32-31-20-30(60-47-45(56-8)44(55-7)43(54-6)27(4)58-47)21-35(31)46-41(40(32)33(34)23-38(52)59-29)51-48(62-46)50-24-28-14-11-10-12-15-28/h10-12,14-15,22,25-27,29-33,35-37,39-40,43-45,47,49H,9,13,16-21,23-24H2,1-8H3,(H,50,51)/t25-,26?,27?,29+,30+,31+,32+,33-,35?,36+,37+,39+,40?,43+,44?,45+,47+/m1/s1. The molecular formula is C48H69N3O10S. The molecule has 3 saturated heterocycles. The van der Waals surface area contributed by atoms with E-state index in [2.05, 4.69) is 42.7 Å². The second-order valence-electron chi connectivity index (χ2n) is 18.5. The van der Waals surface area contributed by atoms with E-state index in [1.54, 1.807) is 32.7 Å². The molecule has 1 aromatic heterocycles. The van der Waals surface area contributed by atoms with Crippen LogP contribution < -0.4 is 10.6 Å². The molecule has 342 valence electrons. The quantitative estimate of drug-likeness (QED) is 0.206. The average molecular weight is 880 g/mol. The topological polar surface area (TPSA) is 145 Å². The van der Waals surface area contributed by atoms with Gasteiger partial charge in [-0.05, 0) is 95.2 Å². The number of allylic oxidation sites excluding steroid dienone is 2. The Morgan fingerprint density at radius 1 is 0.871 bits per heavy atom. The molecule has 0 spiro atoms. The third kappa shape index (κ3) is 9.33. The zero-order valence-corrected chi connectivity index (χ0v) is 38.6. The van der Waals surface area contributed by atoms with E-state index in [0.29, 0.717) is 25.0 Å². The number of ketones is 1. The lowest BCUT2D eigenvalue weighted by Crippen LogP contribution is -2.59. The molecule has 5 unspecified atom stereocenters. The maximum absolute atomic E-state index is 15.2. The Morgan fingerprint density at radius 2 is 1.65 bits per heavy atom. The van der Waals surface area contributed by atoms with Crippen LogP contribution in [0.2, 0.25) is 0 Å². The van der Waals surface area contributed by atoms with Gasteiger partial charge < -0.3 is 48.5 Å². The van der Waals surface area contributed by atoms with E-state index in [1.165, 1.54) is 4.88 Å². The van der Waals surface area contributed by atoms with Crippen molar-refractivity contribution >= 4 is 28.2 Å². The zero-order valence-electron chi connectivity index (χ0n) is 37.8. The Morgan fingerprint density at radius 3 is 2.35 bits per heavy atom. The predicted octanol–water partition coefficient (Wildman–Crippen LogP) is 7.29. The van der Waals surface area contributed by atoms with Crippen molar-refractivity contribution in [2.24, 2.45) is 23.7 Å². The fourth-order valence-corrected chi connectivity index (χ4v) is 12.8. The molecule has 3 aliphatic heterocycles. The van der Waals surface area contributed by atoms with Crippen LogP contribution in [-0.4, -0.2) is 113 Å². The van der Waals surface area contributed by atoms with Gasteiger partial charge in [0.1, 0.15) is 24.4 Å². The molecule has 4 heterocycles. The summed E-state index contributed by atoms with van der Waals surface area (Å²) in [6.45, 7) is 8.77. The molecule has 2 aromatic rings. The number of carbonyl (C=O) groups is 2. The first-order valence-electron chi connectivity index (χ1n) is 23.2. The van der Waals surface area contributed by atoms with Crippen molar-refractivity contribution in [3.05, 3.63) is 58.1 Å². The van der Waals surface area contributed by atoms with Gasteiger partial charge in [-0.3, -0.25) is 9.59 Å². The number of Topliss-reactive ketones (excluding diaryl/α,β-unsaturated/α-hetero) is 1. The lowest BCUT2D eigenvalue weighted by atomic mass is 9.67. The predicted molar refractivity (Wildman–Crippen MR) is 235 cm³/mol. The number of thiazole rings is 1. The normalized spacial score (nSPS) is 39.9. The Bertz CT molecular complexity index is 1860. The van der Waals surface area contributed by atoms with Crippen molar-refractivity contribution in [2.75, 3.05) is 33.7 Å². The zero-order chi connectivity index (χ0) is 43.7. The van der Waals surface area contributed by atoms with Crippen molar-refractivity contribution in [1.82, 2.24) is 10.3 Å². The number of cyclic esters (lactones) is 1. The van der Waals surface area contributed by atoms with Crippen LogP contribution in [0.15, 0.2) is 42.0 Å². The number of hydrogen-bond acceptors (Lipinski definition) is 14. The second kappa shape index (κ2) is 20.2. The number of nitrogens with one attached hydrogen (secondary N) is 2. The summed E-state index contributed by atoms with van der Waals surface area (Å²) >= 11 is 1.70. The third-order valence-electron chi connectivity index (χ3n) is 14.9. The van der Waals surface area contributed by atoms with Gasteiger partial charge >= 0.3 is 5.97 Å². The van der Waals surface area contributed by atoms with Gasteiger partial charge in [-0.1, -0.05) is 50.3 Å². The number of rotatable bonds is 12. The van der Waals surface area contributed by atoms with Crippen LogP contribution in [-0.2, 0) is 54.0 Å². The van der Waals surface area contributed by atoms with Crippen LogP contribution in [0.4, 0.5) is 5.13 Å². The molecule has 17 atom stereocenters. The van der Waals surface area contributed by atoms with Gasteiger partial charge in [0.05, 0.1) is 36.5 Å². The highest BCUT2D eigenvalue weighted by Crippen LogP contribution is 2.63. The Kier molecular flexibility index (Phi) is 14.9. The molecule has 2 N–H and O–H groups in total. The minimum atomic E-state index is -0.658. The molecule has 3 aliphatic carbocycles. The molecule has 8 rings (SSSR count).